The molecule has 4 nitrogen and oxygen atoms in total. The zero-order valence-electron chi connectivity index (χ0n) is 10.3. The van der Waals surface area contributed by atoms with Gasteiger partial charge in [-0.3, -0.25) is 9.69 Å². The Morgan fingerprint density at radius 2 is 2.16 bits per heavy atom. The molecule has 1 unspecified atom stereocenters. The smallest absolute Gasteiger partial charge is 0.305 e. The maximum Gasteiger partial charge on any atom is 0.305 e. The van der Waals surface area contributed by atoms with Crippen LogP contribution >= 0.6 is 15.9 Å². The molecule has 6 heteroatoms. The van der Waals surface area contributed by atoms with E-state index in [9.17, 15) is 9.18 Å². The van der Waals surface area contributed by atoms with Crippen LogP contribution in [0, 0.1) is 5.82 Å². The molecule has 0 aromatic heterocycles. The molecule has 0 spiro atoms. The molecule has 104 valence electrons. The standard InChI is InChI=1S/C13H15BrFNO3/c14-11-2-1-9(15)7-10(11)12(8-13(17)18)16-3-5-19-6-4-16/h1-2,7,12H,3-6,8H2,(H,17,18). The average molecular weight is 332 g/mol. The lowest BCUT2D eigenvalue weighted by Gasteiger charge is -2.34. The molecule has 0 amide bonds. The molecule has 19 heavy (non-hydrogen) atoms. The quantitative estimate of drug-likeness (QED) is 0.920. The predicted octanol–water partition coefficient (Wildman–Crippen LogP) is 2.44. The van der Waals surface area contributed by atoms with Gasteiger partial charge in [-0.2, -0.15) is 0 Å². The summed E-state index contributed by atoms with van der Waals surface area (Å²) >= 11 is 3.37. The molecule has 1 N–H and O–H groups in total. The normalized spacial score (nSPS) is 18.2. The minimum absolute atomic E-state index is 0.0535. The highest BCUT2D eigenvalue weighted by molar-refractivity contribution is 9.10. The average Bonchev–Trinajstić information content (AvgIpc) is 2.40. The van der Waals surface area contributed by atoms with Gasteiger partial charge < -0.3 is 9.84 Å². The van der Waals surface area contributed by atoms with E-state index in [1.165, 1.54) is 12.1 Å². The van der Waals surface area contributed by atoms with Gasteiger partial charge in [0.05, 0.1) is 19.6 Å². The Morgan fingerprint density at radius 3 is 2.79 bits per heavy atom. The third kappa shape index (κ3) is 3.75. The Balaban J connectivity index is 2.29. The number of ether oxygens (including phenoxy) is 1. The first-order valence-corrected chi connectivity index (χ1v) is 6.86. The second kappa shape index (κ2) is 6.45. The van der Waals surface area contributed by atoms with Gasteiger partial charge in [0.25, 0.3) is 0 Å². The van der Waals surface area contributed by atoms with E-state index in [2.05, 4.69) is 15.9 Å². The Labute approximate surface area is 119 Å². The highest BCUT2D eigenvalue weighted by Gasteiger charge is 2.26. The number of nitrogens with zero attached hydrogens (tertiary/aromatic N) is 1. The summed E-state index contributed by atoms with van der Waals surface area (Å²) in [4.78, 5) is 13.1. The van der Waals surface area contributed by atoms with Crippen LogP contribution in [0.2, 0.25) is 0 Å². The third-order valence-corrected chi connectivity index (χ3v) is 3.89. The fourth-order valence-corrected chi connectivity index (χ4v) is 2.77. The van der Waals surface area contributed by atoms with Crippen molar-refractivity contribution in [3.63, 3.8) is 0 Å². The molecule has 1 saturated heterocycles. The number of benzene rings is 1. The Morgan fingerprint density at radius 1 is 1.47 bits per heavy atom. The van der Waals surface area contributed by atoms with Crippen molar-refractivity contribution in [1.29, 1.82) is 0 Å². The molecule has 1 aromatic carbocycles. The first kappa shape index (κ1) is 14.4. The highest BCUT2D eigenvalue weighted by Crippen LogP contribution is 2.31. The van der Waals surface area contributed by atoms with Crippen molar-refractivity contribution in [2.45, 2.75) is 12.5 Å². The number of halogens is 2. The SMILES string of the molecule is O=C(O)CC(c1cc(F)ccc1Br)N1CCOCC1. The number of hydrogen-bond donors (Lipinski definition) is 1. The van der Waals surface area contributed by atoms with Gasteiger partial charge in [-0.1, -0.05) is 15.9 Å². The first-order chi connectivity index (χ1) is 9.08. The van der Waals surface area contributed by atoms with Crippen LogP contribution in [0.25, 0.3) is 0 Å². The molecule has 1 fully saturated rings. The maximum atomic E-state index is 13.4. The van der Waals surface area contributed by atoms with E-state index in [0.29, 0.717) is 31.9 Å². The minimum atomic E-state index is -0.896. The van der Waals surface area contributed by atoms with Gasteiger partial charge in [0, 0.05) is 23.6 Å². The predicted molar refractivity (Wildman–Crippen MR) is 71.5 cm³/mol. The van der Waals surface area contributed by atoms with Crippen molar-refractivity contribution < 1.29 is 19.0 Å². The summed E-state index contributed by atoms with van der Waals surface area (Å²) in [5, 5.41) is 9.07. The lowest BCUT2D eigenvalue weighted by molar-refractivity contribution is -0.139. The Bertz CT molecular complexity index is 463. The van der Waals surface area contributed by atoms with E-state index < -0.39 is 5.97 Å². The monoisotopic (exact) mass is 331 g/mol. The zero-order chi connectivity index (χ0) is 13.8. The van der Waals surface area contributed by atoms with E-state index in [4.69, 9.17) is 9.84 Å². The number of carboxylic acids is 1. The molecule has 0 saturated carbocycles. The highest BCUT2D eigenvalue weighted by atomic mass is 79.9. The first-order valence-electron chi connectivity index (χ1n) is 6.06. The summed E-state index contributed by atoms with van der Waals surface area (Å²) in [6.07, 6.45) is -0.0535. The van der Waals surface area contributed by atoms with E-state index in [-0.39, 0.29) is 18.3 Å². The third-order valence-electron chi connectivity index (χ3n) is 3.17. The van der Waals surface area contributed by atoms with E-state index in [0.717, 1.165) is 4.47 Å². The number of carboxylic acid groups (broad SMARTS) is 1. The van der Waals surface area contributed by atoms with Crippen LogP contribution < -0.4 is 0 Å². The summed E-state index contributed by atoms with van der Waals surface area (Å²) < 4.78 is 19.4. The van der Waals surface area contributed by atoms with Crippen LogP contribution in [0.4, 0.5) is 4.39 Å². The second-order valence-electron chi connectivity index (χ2n) is 4.43. The summed E-state index contributed by atoms with van der Waals surface area (Å²) in [5.74, 6) is -1.26. The summed E-state index contributed by atoms with van der Waals surface area (Å²) in [6, 6.07) is 4.02. The van der Waals surface area contributed by atoms with E-state index >= 15 is 0 Å². The van der Waals surface area contributed by atoms with Crippen molar-refractivity contribution in [3.05, 3.63) is 34.1 Å². The van der Waals surface area contributed by atoms with Crippen LogP contribution in [0.1, 0.15) is 18.0 Å². The second-order valence-corrected chi connectivity index (χ2v) is 5.28. The molecule has 0 aliphatic carbocycles. The van der Waals surface area contributed by atoms with Gasteiger partial charge in [-0.15, -0.1) is 0 Å². The summed E-state index contributed by atoms with van der Waals surface area (Å²) in [7, 11) is 0. The molecule has 1 aliphatic heterocycles. The van der Waals surface area contributed by atoms with Gasteiger partial charge in [0.1, 0.15) is 5.82 Å². The number of hydrogen-bond acceptors (Lipinski definition) is 3. The lowest BCUT2D eigenvalue weighted by atomic mass is 10.0. The van der Waals surface area contributed by atoms with Crippen LogP contribution in [0.15, 0.2) is 22.7 Å². The van der Waals surface area contributed by atoms with Crippen LogP contribution in [0.5, 0.6) is 0 Å². The van der Waals surface area contributed by atoms with Gasteiger partial charge in [0.15, 0.2) is 0 Å². The van der Waals surface area contributed by atoms with Crippen molar-refractivity contribution in [2.75, 3.05) is 26.3 Å². The summed E-state index contributed by atoms with van der Waals surface area (Å²) in [6.45, 7) is 2.45. The molecule has 2 rings (SSSR count). The van der Waals surface area contributed by atoms with E-state index in [1.807, 2.05) is 4.90 Å². The van der Waals surface area contributed by atoms with Crippen molar-refractivity contribution in [2.24, 2.45) is 0 Å². The van der Waals surface area contributed by atoms with Gasteiger partial charge in [-0.25, -0.2) is 4.39 Å². The molecule has 0 bridgehead atoms. The minimum Gasteiger partial charge on any atom is -0.481 e. The lowest BCUT2D eigenvalue weighted by Crippen LogP contribution is -2.40. The number of aliphatic carboxylic acids is 1. The van der Waals surface area contributed by atoms with Crippen LogP contribution in [-0.4, -0.2) is 42.3 Å². The topological polar surface area (TPSA) is 49.8 Å². The van der Waals surface area contributed by atoms with Gasteiger partial charge >= 0.3 is 5.97 Å². The van der Waals surface area contributed by atoms with Crippen LogP contribution in [0.3, 0.4) is 0 Å². The van der Waals surface area contributed by atoms with Gasteiger partial charge in [-0.05, 0) is 23.8 Å². The maximum absolute atomic E-state index is 13.4. The molecule has 1 heterocycles. The van der Waals surface area contributed by atoms with Crippen molar-refractivity contribution in [3.8, 4) is 0 Å². The molecule has 1 atom stereocenters. The number of morpholine rings is 1. The summed E-state index contributed by atoms with van der Waals surface area (Å²) in [5.41, 5.74) is 0.671. The zero-order valence-corrected chi connectivity index (χ0v) is 11.9. The molecular formula is C13H15BrFNO3. The number of carbonyl (C=O) groups is 1. The van der Waals surface area contributed by atoms with E-state index in [1.54, 1.807) is 6.07 Å². The Hall–Kier alpha value is -0.980. The van der Waals surface area contributed by atoms with Gasteiger partial charge in [0.2, 0.25) is 0 Å². The fourth-order valence-electron chi connectivity index (χ4n) is 2.26. The van der Waals surface area contributed by atoms with Crippen molar-refractivity contribution >= 4 is 21.9 Å². The largest absolute Gasteiger partial charge is 0.481 e. The molecular weight excluding hydrogens is 317 g/mol. The Kier molecular flexibility index (Phi) is 4.90. The molecule has 1 aliphatic rings. The van der Waals surface area contributed by atoms with Crippen LogP contribution in [-0.2, 0) is 9.53 Å². The fraction of sp³-hybridized carbons (Fsp3) is 0.462. The molecule has 0 radical (unpaired) electrons. The van der Waals surface area contributed by atoms with Crippen molar-refractivity contribution in [1.82, 2.24) is 4.90 Å². The number of rotatable bonds is 4. The molecule has 1 aromatic rings.